The van der Waals surface area contributed by atoms with Crippen molar-refractivity contribution in [1.82, 2.24) is 4.90 Å². The number of carbonyl (C=O) groups excluding carboxylic acids is 2. The minimum Gasteiger partial charge on any atom is -0.390 e. The minimum absolute atomic E-state index is 0.0508. The second-order valence-electron chi connectivity index (χ2n) is 13.9. The van der Waals surface area contributed by atoms with Gasteiger partial charge in [0.2, 0.25) is 0 Å². The summed E-state index contributed by atoms with van der Waals surface area (Å²) in [6.07, 6.45) is 3.08. The van der Waals surface area contributed by atoms with Crippen molar-refractivity contribution in [2.24, 2.45) is 39.4 Å². The maximum atomic E-state index is 17.4. The number of likely N-dealkylation sites (tertiary alicyclic amines) is 1. The molecule has 5 aliphatic rings. The number of fused-ring (bicyclic) bond motifs is 7. The highest BCUT2D eigenvalue weighted by molar-refractivity contribution is 6.01. The first-order valence-electron chi connectivity index (χ1n) is 13.3. The average Bonchev–Trinajstić information content (AvgIpc) is 3.23. The van der Waals surface area contributed by atoms with Gasteiger partial charge in [0, 0.05) is 24.4 Å². The van der Waals surface area contributed by atoms with Crippen LogP contribution in [-0.2, 0) is 9.59 Å². The van der Waals surface area contributed by atoms with Gasteiger partial charge in [-0.05, 0) is 86.5 Å². The molecular formula is C29H41F2NO3. The molecule has 1 N–H and O–H groups in total. The lowest BCUT2D eigenvalue weighted by Crippen LogP contribution is -2.69. The van der Waals surface area contributed by atoms with Gasteiger partial charge in [-0.15, -0.1) is 0 Å². The first-order valence-corrected chi connectivity index (χ1v) is 13.3. The maximum Gasteiger partial charge on any atom is 0.178 e. The summed E-state index contributed by atoms with van der Waals surface area (Å²) in [6.45, 7) is 14.3. The second-order valence-corrected chi connectivity index (χ2v) is 13.9. The van der Waals surface area contributed by atoms with Crippen molar-refractivity contribution in [2.45, 2.75) is 85.2 Å². The van der Waals surface area contributed by atoms with Crippen LogP contribution in [0.25, 0.3) is 0 Å². The molecular weight excluding hydrogens is 448 g/mol. The molecule has 35 heavy (non-hydrogen) atoms. The third-order valence-electron chi connectivity index (χ3n) is 11.0. The molecule has 5 rings (SSSR count). The summed E-state index contributed by atoms with van der Waals surface area (Å²) in [5.74, 6) is -1.05. The highest BCUT2D eigenvalue weighted by Gasteiger charge is 2.77. The molecule has 4 nitrogen and oxygen atoms in total. The van der Waals surface area contributed by atoms with Gasteiger partial charge in [0.1, 0.15) is 12.0 Å². The first-order chi connectivity index (χ1) is 16.1. The Hall–Kier alpha value is -1.40. The van der Waals surface area contributed by atoms with E-state index in [4.69, 9.17) is 0 Å². The van der Waals surface area contributed by atoms with Gasteiger partial charge in [-0.2, -0.15) is 0 Å². The number of alkyl halides is 2. The van der Waals surface area contributed by atoms with E-state index in [2.05, 4.69) is 32.6 Å². The van der Waals surface area contributed by atoms with E-state index in [-0.39, 0.29) is 47.2 Å². The van der Waals surface area contributed by atoms with Crippen LogP contribution in [0.3, 0.4) is 0 Å². The predicted molar refractivity (Wildman–Crippen MR) is 131 cm³/mol. The Morgan fingerprint density at radius 1 is 1.23 bits per heavy atom. The molecule has 1 aliphatic heterocycles. The molecule has 0 unspecified atom stereocenters. The molecule has 0 bridgehead atoms. The Morgan fingerprint density at radius 2 is 1.91 bits per heavy atom. The lowest BCUT2D eigenvalue weighted by Gasteiger charge is -2.63. The fourth-order valence-electron chi connectivity index (χ4n) is 9.21. The van der Waals surface area contributed by atoms with Crippen molar-refractivity contribution in [3.05, 3.63) is 23.8 Å². The highest BCUT2D eigenvalue weighted by atomic mass is 19.1. The number of ketones is 2. The third kappa shape index (κ3) is 3.14. The van der Waals surface area contributed by atoms with Crippen molar-refractivity contribution in [2.75, 3.05) is 19.6 Å². The number of hydrogen-bond donors (Lipinski definition) is 1. The normalized spacial score (nSPS) is 49.2. The van der Waals surface area contributed by atoms with Gasteiger partial charge in [0.05, 0.1) is 11.5 Å². The van der Waals surface area contributed by atoms with Crippen molar-refractivity contribution >= 4 is 11.6 Å². The highest BCUT2D eigenvalue weighted by Crippen LogP contribution is 2.74. The molecule has 4 aliphatic carbocycles. The third-order valence-corrected chi connectivity index (χ3v) is 11.0. The Balaban J connectivity index is 1.54. The Labute approximate surface area is 208 Å². The summed E-state index contributed by atoms with van der Waals surface area (Å²) in [4.78, 5) is 27.9. The van der Waals surface area contributed by atoms with Crippen molar-refractivity contribution in [3.8, 4) is 0 Å². The molecule has 0 aromatic heterocycles. The van der Waals surface area contributed by atoms with E-state index < -0.39 is 40.1 Å². The van der Waals surface area contributed by atoms with Gasteiger partial charge in [0.15, 0.2) is 11.5 Å². The number of Topliss-reactive ketones (excluding diaryl/α,β-unsaturated/α-hetero) is 1. The van der Waals surface area contributed by atoms with Crippen LogP contribution in [0.5, 0.6) is 0 Å². The molecule has 6 heteroatoms. The van der Waals surface area contributed by atoms with Gasteiger partial charge in [-0.25, -0.2) is 8.78 Å². The summed E-state index contributed by atoms with van der Waals surface area (Å²) >= 11 is 0. The summed E-state index contributed by atoms with van der Waals surface area (Å²) in [5.41, 5.74) is -4.37. The fraction of sp³-hybridized carbons (Fsp3) is 0.793. The van der Waals surface area contributed by atoms with Crippen molar-refractivity contribution in [3.63, 3.8) is 0 Å². The van der Waals surface area contributed by atoms with Gasteiger partial charge < -0.3 is 10.0 Å². The van der Waals surface area contributed by atoms with Crippen molar-refractivity contribution in [1.29, 1.82) is 0 Å². The molecule has 0 amide bonds. The van der Waals surface area contributed by atoms with Crippen LogP contribution in [-0.4, -0.2) is 59.2 Å². The van der Waals surface area contributed by atoms with E-state index in [1.165, 1.54) is 18.2 Å². The van der Waals surface area contributed by atoms with E-state index in [0.29, 0.717) is 13.0 Å². The van der Waals surface area contributed by atoms with Crippen LogP contribution < -0.4 is 0 Å². The monoisotopic (exact) mass is 489 g/mol. The van der Waals surface area contributed by atoms with E-state index in [1.54, 1.807) is 13.8 Å². The maximum absolute atomic E-state index is 17.4. The number of hydrogen-bond acceptors (Lipinski definition) is 4. The van der Waals surface area contributed by atoms with E-state index in [0.717, 1.165) is 19.5 Å². The zero-order valence-corrected chi connectivity index (χ0v) is 22.0. The number of nitrogens with zero attached hydrogens (tertiary/aromatic N) is 1. The molecule has 0 aromatic rings. The van der Waals surface area contributed by atoms with Crippen LogP contribution in [0.2, 0.25) is 0 Å². The zero-order chi connectivity index (χ0) is 25.8. The number of aliphatic hydroxyl groups excluding tert-OH is 1. The van der Waals surface area contributed by atoms with Crippen LogP contribution in [0.15, 0.2) is 23.8 Å². The number of carbonyl (C=O) groups is 2. The molecule has 1 heterocycles. The smallest absolute Gasteiger partial charge is 0.178 e. The lowest BCUT2D eigenvalue weighted by atomic mass is 9.43. The molecule has 4 fully saturated rings. The van der Waals surface area contributed by atoms with Crippen LogP contribution >= 0.6 is 0 Å². The Kier molecular flexibility index (Phi) is 5.46. The second kappa shape index (κ2) is 7.56. The number of halogens is 2. The Bertz CT molecular complexity index is 1020. The van der Waals surface area contributed by atoms with E-state index in [9.17, 15) is 14.7 Å². The predicted octanol–water partition coefficient (Wildman–Crippen LogP) is 4.86. The van der Waals surface area contributed by atoms with Crippen molar-refractivity contribution < 1.29 is 23.5 Å². The van der Waals surface area contributed by atoms with E-state index in [1.807, 2.05) is 0 Å². The largest absolute Gasteiger partial charge is 0.390 e. The Morgan fingerprint density at radius 3 is 2.54 bits per heavy atom. The standard InChI is InChI=1S/C29H41F2NO3/c1-17(33)28-16-32(10-9-25(2,3)4)15-18(28)11-20-21-13-23(30)22-12-19(34)7-8-26(22,5)29(21,31)24(35)14-27(20,28)6/h7-8,12,18,20-21,23-24,35H,9-11,13-16H2,1-6H3/t18-,20-,21-,23-,24-,26-,27-,28-,29-/m0/s1. The number of allylic oxidation sites excluding steroid dienone is 4. The lowest BCUT2D eigenvalue weighted by molar-refractivity contribution is -0.211. The number of aliphatic hydroxyl groups is 1. The molecule has 3 saturated carbocycles. The summed E-state index contributed by atoms with van der Waals surface area (Å²) in [6, 6.07) is 0. The first kappa shape index (κ1) is 25.3. The van der Waals surface area contributed by atoms with Gasteiger partial charge in [-0.3, -0.25) is 9.59 Å². The van der Waals surface area contributed by atoms with Gasteiger partial charge in [-0.1, -0.05) is 33.8 Å². The van der Waals surface area contributed by atoms with E-state index >= 15 is 8.78 Å². The fourth-order valence-corrected chi connectivity index (χ4v) is 9.21. The summed E-state index contributed by atoms with van der Waals surface area (Å²) in [7, 11) is 0. The molecule has 0 radical (unpaired) electrons. The summed E-state index contributed by atoms with van der Waals surface area (Å²) in [5, 5.41) is 11.6. The average molecular weight is 490 g/mol. The topological polar surface area (TPSA) is 57.6 Å². The molecule has 0 spiro atoms. The minimum atomic E-state index is -2.08. The van der Waals surface area contributed by atoms with Gasteiger partial charge >= 0.3 is 0 Å². The molecule has 0 aromatic carbocycles. The SMILES string of the molecule is CC(=O)[C@@]12CN(CCC(C)(C)C)C[C@@H]1C[C@H]1[C@@H]3C[C@H](F)C4=CC(=O)C=C[C@]4(C)[C@@]3(F)[C@@H](O)C[C@@]12C. The molecule has 194 valence electrons. The molecule has 9 atom stereocenters. The van der Waals surface area contributed by atoms with Gasteiger partial charge in [0.25, 0.3) is 0 Å². The summed E-state index contributed by atoms with van der Waals surface area (Å²) < 4.78 is 33.0. The quantitative estimate of drug-likeness (QED) is 0.615. The molecule has 1 saturated heterocycles. The zero-order valence-electron chi connectivity index (χ0n) is 22.0. The van der Waals surface area contributed by atoms with Crippen LogP contribution in [0.1, 0.15) is 67.2 Å². The van der Waals surface area contributed by atoms with Crippen LogP contribution in [0, 0.1) is 39.4 Å². The number of rotatable bonds is 3. The van der Waals surface area contributed by atoms with Crippen LogP contribution in [0.4, 0.5) is 8.78 Å².